The van der Waals surface area contributed by atoms with Crippen LogP contribution in [0.4, 0.5) is 5.82 Å². The lowest BCUT2D eigenvalue weighted by Gasteiger charge is -2.04. The van der Waals surface area contributed by atoms with E-state index >= 15 is 0 Å². The van der Waals surface area contributed by atoms with Crippen LogP contribution in [0, 0.1) is 6.92 Å². The van der Waals surface area contributed by atoms with Crippen molar-refractivity contribution < 1.29 is 14.3 Å². The van der Waals surface area contributed by atoms with E-state index in [1.165, 1.54) is 6.07 Å². The van der Waals surface area contributed by atoms with Crippen molar-refractivity contribution in [3.8, 4) is 0 Å². The van der Waals surface area contributed by atoms with Crippen LogP contribution in [0.25, 0.3) is 22.1 Å². The summed E-state index contributed by atoms with van der Waals surface area (Å²) in [6.07, 6.45) is 0. The Morgan fingerprint density at radius 3 is 2.75 bits per heavy atom. The molecule has 3 rings (SSSR count). The number of nitrogen functional groups attached to an aromatic ring is 1. The van der Waals surface area contributed by atoms with E-state index in [1.807, 2.05) is 6.92 Å². The summed E-state index contributed by atoms with van der Waals surface area (Å²) in [5, 5.41) is 9.50. The molecule has 0 aliphatic heterocycles. The number of benzene rings is 1. The van der Waals surface area contributed by atoms with Gasteiger partial charge in [0.1, 0.15) is 17.0 Å². The highest BCUT2D eigenvalue weighted by Gasteiger charge is 2.15. The van der Waals surface area contributed by atoms with Crippen molar-refractivity contribution in [3.05, 3.63) is 45.6 Å². The molecule has 0 saturated carbocycles. The van der Waals surface area contributed by atoms with Crippen LogP contribution in [0.15, 0.2) is 33.5 Å². The average Bonchev–Trinajstić information content (AvgIpc) is 2.37. The maximum Gasteiger partial charge on any atom is 0.339 e. The van der Waals surface area contributed by atoms with Gasteiger partial charge in [0.15, 0.2) is 0 Å². The van der Waals surface area contributed by atoms with E-state index in [9.17, 15) is 9.59 Å². The molecular weight excluding hydrogens is 260 g/mol. The second-order valence-electron chi connectivity index (χ2n) is 4.51. The van der Waals surface area contributed by atoms with Crippen LogP contribution in [0.2, 0.25) is 0 Å². The summed E-state index contributed by atoms with van der Waals surface area (Å²) in [6.45, 7) is 1.87. The van der Waals surface area contributed by atoms with Crippen molar-refractivity contribution in [2.24, 2.45) is 0 Å². The van der Waals surface area contributed by atoms with Crippen molar-refractivity contribution in [1.82, 2.24) is 4.98 Å². The Labute approximate surface area is 112 Å². The number of carboxylic acid groups (broad SMARTS) is 1. The lowest BCUT2D eigenvalue weighted by atomic mass is 10.1. The topological polar surface area (TPSA) is 106 Å². The minimum absolute atomic E-state index is 0.0376. The molecule has 3 N–H and O–H groups in total. The van der Waals surface area contributed by atoms with Crippen molar-refractivity contribution in [1.29, 1.82) is 0 Å². The van der Waals surface area contributed by atoms with Crippen LogP contribution in [0.3, 0.4) is 0 Å². The van der Waals surface area contributed by atoms with Crippen molar-refractivity contribution in [2.45, 2.75) is 6.92 Å². The Morgan fingerprint density at radius 2 is 2.05 bits per heavy atom. The van der Waals surface area contributed by atoms with Gasteiger partial charge in [-0.1, -0.05) is 6.07 Å². The number of aryl methyl sites for hydroxylation is 1. The van der Waals surface area contributed by atoms with Gasteiger partial charge in [0.05, 0.1) is 10.8 Å². The molecular formula is C14H10N2O4. The first-order valence-electron chi connectivity index (χ1n) is 5.84. The first-order chi connectivity index (χ1) is 9.47. The van der Waals surface area contributed by atoms with Gasteiger partial charge in [-0.2, -0.15) is 4.98 Å². The second kappa shape index (κ2) is 4.06. The third kappa shape index (κ3) is 1.70. The van der Waals surface area contributed by atoms with Crippen LogP contribution in [0.5, 0.6) is 0 Å². The molecule has 6 heteroatoms. The number of aromatic carboxylic acids is 1. The monoisotopic (exact) mass is 270 g/mol. The van der Waals surface area contributed by atoms with Gasteiger partial charge >= 0.3 is 5.97 Å². The van der Waals surface area contributed by atoms with Crippen molar-refractivity contribution in [3.63, 3.8) is 0 Å². The number of pyridine rings is 1. The Hall–Kier alpha value is -2.89. The molecule has 100 valence electrons. The summed E-state index contributed by atoms with van der Waals surface area (Å²) in [7, 11) is 0. The second-order valence-corrected chi connectivity index (χ2v) is 4.51. The van der Waals surface area contributed by atoms with E-state index in [0.717, 1.165) is 5.56 Å². The number of carboxylic acids is 1. The van der Waals surface area contributed by atoms with Gasteiger partial charge in [-0.3, -0.25) is 4.79 Å². The molecule has 3 aromatic rings. The van der Waals surface area contributed by atoms with Gasteiger partial charge in [0.2, 0.25) is 11.1 Å². The van der Waals surface area contributed by atoms with E-state index in [4.69, 9.17) is 15.3 Å². The highest BCUT2D eigenvalue weighted by Crippen LogP contribution is 2.21. The molecule has 6 nitrogen and oxygen atoms in total. The molecule has 1 aromatic carbocycles. The quantitative estimate of drug-likeness (QED) is 0.654. The van der Waals surface area contributed by atoms with Gasteiger partial charge in [0.25, 0.3) is 0 Å². The summed E-state index contributed by atoms with van der Waals surface area (Å²) in [6, 6.07) is 6.35. The van der Waals surface area contributed by atoms with E-state index in [0.29, 0.717) is 11.0 Å². The van der Waals surface area contributed by atoms with Gasteiger partial charge < -0.3 is 15.3 Å². The van der Waals surface area contributed by atoms with Crippen LogP contribution in [-0.4, -0.2) is 16.1 Å². The third-order valence-corrected chi connectivity index (χ3v) is 3.08. The zero-order valence-electron chi connectivity index (χ0n) is 10.5. The maximum atomic E-state index is 12.4. The molecule has 0 atom stereocenters. The highest BCUT2D eigenvalue weighted by molar-refractivity contribution is 5.98. The Morgan fingerprint density at radius 1 is 1.30 bits per heavy atom. The SMILES string of the molecule is Cc1ccc2c(=O)c3cc(C(=O)O)c(N)nc3oc2c1. The molecule has 0 saturated heterocycles. The summed E-state index contributed by atoms with van der Waals surface area (Å²) >= 11 is 0. The molecule has 2 heterocycles. The van der Waals surface area contributed by atoms with E-state index in [2.05, 4.69) is 4.98 Å². The van der Waals surface area contributed by atoms with Crippen LogP contribution >= 0.6 is 0 Å². The van der Waals surface area contributed by atoms with Crippen LogP contribution < -0.4 is 11.2 Å². The molecule has 0 fully saturated rings. The zero-order valence-corrected chi connectivity index (χ0v) is 10.5. The minimum Gasteiger partial charge on any atom is -0.478 e. The normalized spacial score (nSPS) is 11.1. The fraction of sp³-hybridized carbons (Fsp3) is 0.0714. The molecule has 0 radical (unpaired) electrons. The van der Waals surface area contributed by atoms with Gasteiger partial charge in [0, 0.05) is 0 Å². The van der Waals surface area contributed by atoms with Crippen molar-refractivity contribution in [2.75, 3.05) is 5.73 Å². The summed E-state index contributed by atoms with van der Waals surface area (Å²) < 4.78 is 5.54. The van der Waals surface area contributed by atoms with Crippen LogP contribution in [-0.2, 0) is 0 Å². The molecule has 0 bridgehead atoms. The molecule has 0 spiro atoms. The van der Waals surface area contributed by atoms with Gasteiger partial charge in [-0.25, -0.2) is 4.79 Å². The number of rotatable bonds is 1. The Bertz CT molecular complexity index is 928. The third-order valence-electron chi connectivity index (χ3n) is 3.08. The minimum atomic E-state index is -1.24. The molecule has 0 unspecified atom stereocenters. The standard InChI is InChI=1S/C14H10N2O4/c1-6-2-3-7-10(4-6)20-13-8(11(7)17)5-9(14(18)19)12(15)16-13/h2-5H,1H3,(H2,15,16)(H,18,19). The molecule has 2 aromatic heterocycles. The smallest absolute Gasteiger partial charge is 0.339 e. The maximum absolute atomic E-state index is 12.4. The number of hydrogen-bond donors (Lipinski definition) is 2. The number of nitrogens with two attached hydrogens (primary N) is 1. The number of anilines is 1. The molecule has 20 heavy (non-hydrogen) atoms. The Balaban J connectivity index is 2.50. The number of fused-ring (bicyclic) bond motifs is 2. The predicted octanol–water partition coefficient (Wildman–Crippen LogP) is 1.93. The fourth-order valence-electron chi connectivity index (χ4n) is 2.07. The summed E-state index contributed by atoms with van der Waals surface area (Å²) in [5.41, 5.74) is 6.40. The van der Waals surface area contributed by atoms with Gasteiger partial charge in [-0.15, -0.1) is 0 Å². The summed E-state index contributed by atoms with van der Waals surface area (Å²) in [4.78, 5) is 27.3. The fourth-order valence-corrected chi connectivity index (χ4v) is 2.07. The number of aromatic nitrogens is 1. The average molecular weight is 270 g/mol. The largest absolute Gasteiger partial charge is 0.478 e. The highest BCUT2D eigenvalue weighted by atomic mass is 16.4. The van der Waals surface area contributed by atoms with E-state index in [1.54, 1.807) is 18.2 Å². The zero-order chi connectivity index (χ0) is 14.4. The lowest BCUT2D eigenvalue weighted by molar-refractivity contribution is 0.0698. The first-order valence-corrected chi connectivity index (χ1v) is 5.84. The van der Waals surface area contributed by atoms with Crippen LogP contribution in [0.1, 0.15) is 15.9 Å². The first kappa shape index (κ1) is 12.2. The molecule has 0 amide bonds. The number of nitrogens with zero attached hydrogens (tertiary/aromatic N) is 1. The van der Waals surface area contributed by atoms with Crippen molar-refractivity contribution >= 4 is 33.9 Å². The van der Waals surface area contributed by atoms with E-state index in [-0.39, 0.29) is 27.9 Å². The van der Waals surface area contributed by atoms with Gasteiger partial charge in [-0.05, 0) is 30.7 Å². The Kier molecular flexibility index (Phi) is 2.47. The summed E-state index contributed by atoms with van der Waals surface area (Å²) in [5.74, 6) is -1.42. The lowest BCUT2D eigenvalue weighted by Crippen LogP contribution is -2.09. The number of carbonyl (C=O) groups is 1. The van der Waals surface area contributed by atoms with E-state index < -0.39 is 5.97 Å². The molecule has 0 aliphatic rings. The predicted molar refractivity (Wildman–Crippen MR) is 73.9 cm³/mol. The molecule has 0 aliphatic carbocycles. The number of hydrogen-bond acceptors (Lipinski definition) is 5.